The van der Waals surface area contributed by atoms with Crippen molar-refractivity contribution < 1.29 is 19.0 Å². The van der Waals surface area contributed by atoms with Gasteiger partial charge in [-0.1, -0.05) is 85.5 Å². The van der Waals surface area contributed by atoms with Crippen LogP contribution in [0.25, 0.3) is 6.08 Å². The molecule has 0 N–H and O–H groups in total. The first-order valence-corrected chi connectivity index (χ1v) is 17.0. The summed E-state index contributed by atoms with van der Waals surface area (Å²) in [5.74, 6) is 0.997. The molecule has 1 aliphatic rings. The highest BCUT2D eigenvalue weighted by molar-refractivity contribution is 7.07. The van der Waals surface area contributed by atoms with Crippen LogP contribution >= 0.6 is 22.9 Å². The van der Waals surface area contributed by atoms with E-state index in [0.29, 0.717) is 44.6 Å². The Labute approximate surface area is 278 Å². The first kappa shape index (κ1) is 33.2. The van der Waals surface area contributed by atoms with Crippen molar-refractivity contribution in [2.24, 2.45) is 4.99 Å². The van der Waals surface area contributed by atoms with E-state index in [1.807, 2.05) is 54.6 Å². The Hall–Kier alpha value is -4.14. The summed E-state index contributed by atoms with van der Waals surface area (Å²) in [6.07, 6.45) is 7.94. The van der Waals surface area contributed by atoms with E-state index in [9.17, 15) is 9.59 Å². The highest BCUT2D eigenvalue weighted by Crippen LogP contribution is 2.31. The van der Waals surface area contributed by atoms with Crippen molar-refractivity contribution >= 4 is 35.0 Å². The summed E-state index contributed by atoms with van der Waals surface area (Å²) in [5, 5.41) is 0.561. The molecule has 0 amide bonds. The van der Waals surface area contributed by atoms with Crippen molar-refractivity contribution in [1.82, 2.24) is 4.57 Å². The van der Waals surface area contributed by atoms with Crippen LogP contribution in [0.1, 0.15) is 69.2 Å². The monoisotopic (exact) mass is 658 g/mol. The van der Waals surface area contributed by atoms with Crippen LogP contribution in [-0.4, -0.2) is 30.4 Å². The number of rotatable bonds is 14. The van der Waals surface area contributed by atoms with E-state index in [-0.39, 0.29) is 12.2 Å². The molecule has 9 heteroatoms. The van der Waals surface area contributed by atoms with E-state index < -0.39 is 12.0 Å². The van der Waals surface area contributed by atoms with Crippen molar-refractivity contribution in [3.05, 3.63) is 125 Å². The second kappa shape index (κ2) is 15.9. The molecular weight excluding hydrogens is 620 g/mol. The number of benzene rings is 3. The third-order valence-corrected chi connectivity index (χ3v) is 8.96. The number of hydrogen-bond acceptors (Lipinski definition) is 7. The molecule has 1 aliphatic heterocycles. The number of halogens is 1. The van der Waals surface area contributed by atoms with Crippen LogP contribution in [0.15, 0.2) is 93.9 Å². The van der Waals surface area contributed by atoms with Gasteiger partial charge in [0.2, 0.25) is 0 Å². The molecule has 0 aliphatic carbocycles. The molecule has 1 atom stereocenters. The summed E-state index contributed by atoms with van der Waals surface area (Å²) < 4.78 is 19.3. The summed E-state index contributed by atoms with van der Waals surface area (Å²) >= 11 is 7.43. The number of esters is 1. The Morgan fingerprint density at radius 1 is 0.957 bits per heavy atom. The van der Waals surface area contributed by atoms with Gasteiger partial charge in [-0.25, -0.2) is 9.79 Å². The fourth-order valence-corrected chi connectivity index (χ4v) is 6.60. The Balaban J connectivity index is 1.30. The highest BCUT2D eigenvalue weighted by Gasteiger charge is 2.33. The van der Waals surface area contributed by atoms with E-state index in [1.54, 1.807) is 30.5 Å². The average Bonchev–Trinajstić information content (AvgIpc) is 3.35. The number of carbonyl (C=O) groups excluding carboxylic acids is 1. The van der Waals surface area contributed by atoms with Gasteiger partial charge in [0.05, 0.1) is 28.5 Å². The number of fused-ring (bicyclic) bond motifs is 1. The SMILES string of the molecule is CCCCCCc1ccc(OCCOc2cccc(/C=c3/sc4n(c3=O)[C@@H](c3ccc(Cl)cc3)C(C(=O)OCC)=C(C)N=4)c2)cc1. The number of nitrogens with zero attached hydrogens (tertiary/aromatic N) is 2. The third-order valence-electron chi connectivity index (χ3n) is 7.72. The van der Waals surface area contributed by atoms with Crippen molar-refractivity contribution in [2.75, 3.05) is 19.8 Å². The van der Waals surface area contributed by atoms with Crippen molar-refractivity contribution in [1.29, 1.82) is 0 Å². The van der Waals surface area contributed by atoms with Crippen LogP contribution in [-0.2, 0) is 16.0 Å². The van der Waals surface area contributed by atoms with Gasteiger partial charge in [0.1, 0.15) is 24.7 Å². The van der Waals surface area contributed by atoms with Crippen LogP contribution in [0, 0.1) is 0 Å². The Morgan fingerprint density at radius 3 is 2.41 bits per heavy atom. The van der Waals surface area contributed by atoms with Crippen molar-refractivity contribution in [3.63, 3.8) is 0 Å². The van der Waals surface area contributed by atoms with E-state index in [4.69, 9.17) is 25.8 Å². The molecule has 7 nitrogen and oxygen atoms in total. The molecule has 1 aromatic heterocycles. The van der Waals surface area contributed by atoms with Crippen LogP contribution in [0.5, 0.6) is 11.5 Å². The molecule has 2 heterocycles. The standard InChI is InChI=1S/C37H39ClN2O5S/c1-4-6-7-8-10-26-13-19-30(20-14-26)44-21-22-45-31-12-9-11-27(23-31)24-32-35(41)40-34(28-15-17-29(38)18-16-28)33(36(42)43-5-2)25(3)39-37(40)46-32/h9,11-20,23-24,34H,4-8,10,21-22H2,1-3H3/b32-24+/t34-/m0/s1. The maximum atomic E-state index is 13.9. The zero-order valence-corrected chi connectivity index (χ0v) is 28.0. The minimum Gasteiger partial charge on any atom is -0.490 e. The second-order valence-electron chi connectivity index (χ2n) is 11.1. The Morgan fingerprint density at radius 2 is 1.70 bits per heavy atom. The van der Waals surface area contributed by atoms with Crippen molar-refractivity contribution in [3.8, 4) is 11.5 Å². The van der Waals surface area contributed by atoms with Crippen LogP contribution < -0.4 is 24.4 Å². The maximum Gasteiger partial charge on any atom is 0.338 e. The molecule has 0 unspecified atom stereocenters. The molecule has 0 fully saturated rings. The van der Waals surface area contributed by atoms with E-state index in [0.717, 1.165) is 23.3 Å². The van der Waals surface area contributed by atoms with Gasteiger partial charge in [0.15, 0.2) is 4.80 Å². The fourth-order valence-electron chi connectivity index (χ4n) is 5.42. The van der Waals surface area contributed by atoms with E-state index >= 15 is 0 Å². The molecule has 0 spiro atoms. The van der Waals surface area contributed by atoms with Gasteiger partial charge in [-0.2, -0.15) is 0 Å². The number of aromatic nitrogens is 1. The zero-order chi connectivity index (χ0) is 32.5. The summed E-state index contributed by atoms with van der Waals surface area (Å²) in [6, 6.07) is 22.3. The zero-order valence-electron chi connectivity index (χ0n) is 26.5. The lowest BCUT2D eigenvalue weighted by molar-refractivity contribution is -0.139. The molecule has 46 heavy (non-hydrogen) atoms. The maximum absolute atomic E-state index is 13.9. The predicted molar refractivity (Wildman–Crippen MR) is 184 cm³/mol. The van der Waals surface area contributed by atoms with E-state index in [2.05, 4.69) is 24.0 Å². The molecule has 0 saturated heterocycles. The van der Waals surface area contributed by atoms with Gasteiger partial charge < -0.3 is 14.2 Å². The number of carbonyl (C=O) groups is 1. The van der Waals surface area contributed by atoms with Gasteiger partial charge in [0.25, 0.3) is 5.56 Å². The number of thiazole rings is 1. The Kier molecular flexibility index (Phi) is 11.5. The normalized spacial score (nSPS) is 14.5. The van der Waals surface area contributed by atoms with Gasteiger partial charge in [-0.3, -0.25) is 9.36 Å². The summed E-state index contributed by atoms with van der Waals surface area (Å²) in [4.78, 5) is 32.1. The topological polar surface area (TPSA) is 79.1 Å². The van der Waals surface area contributed by atoms with Gasteiger partial charge in [-0.15, -0.1) is 0 Å². The number of aryl methyl sites for hydroxylation is 1. The average molecular weight is 659 g/mol. The van der Waals surface area contributed by atoms with Crippen LogP contribution in [0.3, 0.4) is 0 Å². The number of allylic oxidation sites excluding steroid dienone is 1. The highest BCUT2D eigenvalue weighted by atomic mass is 35.5. The minimum absolute atomic E-state index is 0.213. The molecule has 0 radical (unpaired) electrons. The lowest BCUT2D eigenvalue weighted by Gasteiger charge is -2.24. The molecule has 0 saturated carbocycles. The van der Waals surface area contributed by atoms with Crippen LogP contribution in [0.4, 0.5) is 0 Å². The van der Waals surface area contributed by atoms with E-state index in [1.165, 1.54) is 42.6 Å². The molecule has 5 rings (SSSR count). The van der Waals surface area contributed by atoms with Gasteiger partial charge >= 0.3 is 5.97 Å². The molecule has 240 valence electrons. The Bertz CT molecular complexity index is 1860. The molecule has 0 bridgehead atoms. The van der Waals surface area contributed by atoms with Crippen molar-refractivity contribution in [2.45, 2.75) is 58.9 Å². The predicted octanol–water partition coefficient (Wildman–Crippen LogP) is 7.03. The number of ether oxygens (including phenoxy) is 3. The summed E-state index contributed by atoms with van der Waals surface area (Å²) in [6.45, 7) is 6.74. The fraction of sp³-hybridized carbons (Fsp3) is 0.324. The molecular formula is C37H39ClN2O5S. The minimum atomic E-state index is -0.689. The third kappa shape index (κ3) is 8.17. The molecule has 3 aromatic carbocycles. The van der Waals surface area contributed by atoms with Gasteiger partial charge in [-0.05, 0) is 85.9 Å². The quantitative estimate of drug-likeness (QED) is 0.107. The van der Waals surface area contributed by atoms with Crippen LogP contribution in [0.2, 0.25) is 5.02 Å². The summed E-state index contributed by atoms with van der Waals surface area (Å²) in [5.41, 5.74) is 3.48. The lowest BCUT2D eigenvalue weighted by Crippen LogP contribution is -2.39. The lowest BCUT2D eigenvalue weighted by atomic mass is 9.96. The second-order valence-corrected chi connectivity index (χ2v) is 12.5. The molecule has 4 aromatic rings. The largest absolute Gasteiger partial charge is 0.490 e. The first-order valence-electron chi connectivity index (χ1n) is 15.8. The van der Waals surface area contributed by atoms with Gasteiger partial charge in [0, 0.05) is 5.02 Å². The summed E-state index contributed by atoms with van der Waals surface area (Å²) in [7, 11) is 0. The first-order chi connectivity index (χ1) is 22.4. The number of unbranched alkanes of at least 4 members (excludes halogenated alkanes) is 3. The number of hydrogen-bond donors (Lipinski definition) is 0. The smallest absolute Gasteiger partial charge is 0.338 e.